The Labute approximate surface area is 175 Å². The van der Waals surface area contributed by atoms with Crippen LogP contribution in [0.2, 0.25) is 0 Å². The Morgan fingerprint density at radius 2 is 1.84 bits per heavy atom. The van der Waals surface area contributed by atoms with Crippen LogP contribution in [0.25, 0.3) is 0 Å². The second-order valence-corrected chi connectivity index (χ2v) is 7.64. The molecule has 8 nitrogen and oxygen atoms in total. The molecule has 0 bridgehead atoms. The third-order valence-electron chi connectivity index (χ3n) is 5.41. The minimum absolute atomic E-state index is 0.0244. The SMILES string of the molecule is CC1(c2cccc(NC(=O)C3CC(=O)N(c4cc(F)cc(F)c4)C3)c2)NC(=O)NC1=O. The Kier molecular flexibility index (Phi) is 4.92. The highest BCUT2D eigenvalue weighted by Crippen LogP contribution is 2.29. The molecule has 2 aliphatic heterocycles. The average molecular weight is 428 g/mol. The second kappa shape index (κ2) is 7.46. The monoisotopic (exact) mass is 428 g/mol. The van der Waals surface area contributed by atoms with Crippen molar-refractivity contribution in [2.75, 3.05) is 16.8 Å². The van der Waals surface area contributed by atoms with Gasteiger partial charge in [0.15, 0.2) is 0 Å². The quantitative estimate of drug-likeness (QED) is 0.648. The molecule has 160 valence electrons. The average Bonchev–Trinajstić information content (AvgIpc) is 3.21. The first-order valence-corrected chi connectivity index (χ1v) is 9.47. The third kappa shape index (κ3) is 3.83. The number of carbonyl (C=O) groups excluding carboxylic acids is 4. The molecule has 0 aromatic heterocycles. The number of halogens is 2. The lowest BCUT2D eigenvalue weighted by molar-refractivity contribution is -0.123. The molecule has 10 heteroatoms. The lowest BCUT2D eigenvalue weighted by Crippen LogP contribution is -2.40. The number of benzene rings is 2. The summed E-state index contributed by atoms with van der Waals surface area (Å²) in [5.74, 6) is -3.74. The molecular formula is C21H18F2N4O4. The topological polar surface area (TPSA) is 108 Å². The zero-order chi connectivity index (χ0) is 22.3. The number of carbonyl (C=O) groups is 4. The maximum Gasteiger partial charge on any atom is 0.322 e. The van der Waals surface area contributed by atoms with E-state index in [1.807, 2.05) is 0 Å². The van der Waals surface area contributed by atoms with E-state index in [-0.39, 0.29) is 18.7 Å². The number of rotatable bonds is 4. The molecule has 0 aliphatic carbocycles. The van der Waals surface area contributed by atoms with Crippen LogP contribution in [0.3, 0.4) is 0 Å². The van der Waals surface area contributed by atoms with E-state index in [1.54, 1.807) is 31.2 Å². The Morgan fingerprint density at radius 1 is 1.13 bits per heavy atom. The fourth-order valence-corrected chi connectivity index (χ4v) is 3.73. The molecule has 3 N–H and O–H groups in total. The van der Waals surface area contributed by atoms with Gasteiger partial charge in [0.05, 0.1) is 5.92 Å². The maximum atomic E-state index is 13.5. The highest BCUT2D eigenvalue weighted by Gasteiger charge is 2.43. The molecule has 2 aromatic carbocycles. The fraction of sp³-hybridized carbons (Fsp3) is 0.238. The first-order valence-electron chi connectivity index (χ1n) is 9.47. The van der Waals surface area contributed by atoms with Crippen molar-refractivity contribution in [1.82, 2.24) is 10.6 Å². The molecule has 0 saturated carbocycles. The largest absolute Gasteiger partial charge is 0.326 e. The first kappa shape index (κ1) is 20.5. The second-order valence-electron chi connectivity index (χ2n) is 7.64. The zero-order valence-corrected chi connectivity index (χ0v) is 16.4. The molecule has 4 rings (SSSR count). The lowest BCUT2D eigenvalue weighted by atomic mass is 9.92. The summed E-state index contributed by atoms with van der Waals surface area (Å²) < 4.78 is 27.0. The van der Waals surface area contributed by atoms with Crippen molar-refractivity contribution in [3.05, 3.63) is 59.7 Å². The van der Waals surface area contributed by atoms with Crippen molar-refractivity contribution in [3.8, 4) is 0 Å². The number of hydrogen-bond donors (Lipinski definition) is 3. The molecule has 5 amide bonds. The molecule has 2 saturated heterocycles. The smallest absolute Gasteiger partial charge is 0.322 e. The van der Waals surface area contributed by atoms with E-state index in [9.17, 15) is 28.0 Å². The summed E-state index contributed by atoms with van der Waals surface area (Å²) in [5, 5.41) is 7.41. The van der Waals surface area contributed by atoms with Crippen LogP contribution in [0.5, 0.6) is 0 Å². The van der Waals surface area contributed by atoms with Gasteiger partial charge in [0.2, 0.25) is 11.8 Å². The summed E-state index contributed by atoms with van der Waals surface area (Å²) in [4.78, 5) is 49.8. The van der Waals surface area contributed by atoms with Crippen LogP contribution in [0.4, 0.5) is 25.0 Å². The predicted molar refractivity (Wildman–Crippen MR) is 106 cm³/mol. The Hall–Kier alpha value is -3.82. The molecule has 2 unspecified atom stereocenters. The van der Waals surface area contributed by atoms with Crippen molar-refractivity contribution in [1.29, 1.82) is 0 Å². The molecule has 0 radical (unpaired) electrons. The van der Waals surface area contributed by atoms with Crippen LogP contribution >= 0.6 is 0 Å². The molecule has 2 atom stereocenters. The standard InChI is InChI=1S/C21H18F2N4O4/c1-21(19(30)25-20(31)26-21)12-3-2-4-15(6-12)24-18(29)11-5-17(28)27(10-11)16-8-13(22)7-14(23)9-16/h2-4,6-9,11H,5,10H2,1H3,(H,24,29)(H2,25,26,30,31). The highest BCUT2D eigenvalue weighted by atomic mass is 19.1. The van der Waals surface area contributed by atoms with Crippen LogP contribution in [0.15, 0.2) is 42.5 Å². The molecule has 2 fully saturated rings. The van der Waals surface area contributed by atoms with E-state index < -0.39 is 46.8 Å². The minimum atomic E-state index is -1.28. The normalized spacial score (nSPS) is 23.0. The van der Waals surface area contributed by atoms with Crippen LogP contribution in [0.1, 0.15) is 18.9 Å². The van der Waals surface area contributed by atoms with E-state index in [2.05, 4.69) is 16.0 Å². The van der Waals surface area contributed by atoms with Crippen LogP contribution in [-0.4, -0.2) is 30.3 Å². The van der Waals surface area contributed by atoms with Gasteiger partial charge in [-0.2, -0.15) is 0 Å². The summed E-state index contributed by atoms with van der Waals surface area (Å²) in [6.07, 6.45) is -0.111. The van der Waals surface area contributed by atoms with Crippen molar-refractivity contribution >= 4 is 35.1 Å². The van der Waals surface area contributed by atoms with Crippen LogP contribution in [0, 0.1) is 17.6 Å². The Balaban J connectivity index is 1.49. The van der Waals surface area contributed by atoms with E-state index in [0.717, 1.165) is 12.1 Å². The number of amides is 5. The van der Waals surface area contributed by atoms with Gasteiger partial charge >= 0.3 is 6.03 Å². The number of hydrogen-bond acceptors (Lipinski definition) is 4. The predicted octanol–water partition coefficient (Wildman–Crippen LogP) is 2.01. The molecule has 2 aliphatic rings. The molecule has 2 aromatic rings. The molecule has 31 heavy (non-hydrogen) atoms. The number of imide groups is 1. The van der Waals surface area contributed by atoms with E-state index >= 15 is 0 Å². The van der Waals surface area contributed by atoms with Crippen LogP contribution < -0.4 is 20.9 Å². The van der Waals surface area contributed by atoms with Gasteiger partial charge in [0, 0.05) is 30.4 Å². The third-order valence-corrected chi connectivity index (χ3v) is 5.41. The van der Waals surface area contributed by atoms with Gasteiger partial charge in [0.25, 0.3) is 5.91 Å². The Morgan fingerprint density at radius 3 is 2.48 bits per heavy atom. The van der Waals surface area contributed by atoms with E-state index in [4.69, 9.17) is 0 Å². The van der Waals surface area contributed by atoms with Gasteiger partial charge in [-0.1, -0.05) is 12.1 Å². The fourth-order valence-electron chi connectivity index (χ4n) is 3.73. The van der Waals surface area contributed by atoms with Gasteiger partial charge in [-0.05, 0) is 36.8 Å². The Bertz CT molecular complexity index is 1100. The highest BCUT2D eigenvalue weighted by molar-refractivity contribution is 6.07. The summed E-state index contributed by atoms with van der Waals surface area (Å²) in [6.45, 7) is 1.52. The first-order chi connectivity index (χ1) is 14.7. The van der Waals surface area contributed by atoms with Gasteiger partial charge < -0.3 is 15.5 Å². The molecule has 2 heterocycles. The van der Waals surface area contributed by atoms with Gasteiger partial charge in [-0.3, -0.25) is 19.7 Å². The number of nitrogens with one attached hydrogen (secondary N) is 3. The summed E-state index contributed by atoms with van der Waals surface area (Å²) in [6, 6.07) is 8.58. The van der Waals surface area contributed by atoms with E-state index in [1.165, 1.54) is 4.90 Å². The number of nitrogens with zero attached hydrogens (tertiary/aromatic N) is 1. The van der Waals surface area contributed by atoms with Crippen molar-refractivity contribution < 1.29 is 28.0 Å². The molecule has 0 spiro atoms. The minimum Gasteiger partial charge on any atom is -0.326 e. The van der Waals surface area contributed by atoms with Crippen LogP contribution in [-0.2, 0) is 19.9 Å². The van der Waals surface area contributed by atoms with Gasteiger partial charge in [-0.25, -0.2) is 13.6 Å². The van der Waals surface area contributed by atoms with Crippen molar-refractivity contribution in [2.24, 2.45) is 5.92 Å². The summed E-state index contributed by atoms with van der Waals surface area (Å²) in [7, 11) is 0. The zero-order valence-electron chi connectivity index (χ0n) is 16.4. The van der Waals surface area contributed by atoms with Gasteiger partial charge in [-0.15, -0.1) is 0 Å². The van der Waals surface area contributed by atoms with Crippen molar-refractivity contribution in [3.63, 3.8) is 0 Å². The molecular weight excluding hydrogens is 410 g/mol. The summed E-state index contributed by atoms with van der Waals surface area (Å²) >= 11 is 0. The lowest BCUT2D eigenvalue weighted by Gasteiger charge is -2.22. The van der Waals surface area contributed by atoms with Crippen molar-refractivity contribution in [2.45, 2.75) is 18.9 Å². The maximum absolute atomic E-state index is 13.5. The van der Waals surface area contributed by atoms with Gasteiger partial charge in [0.1, 0.15) is 17.2 Å². The number of anilines is 2. The number of urea groups is 1. The van der Waals surface area contributed by atoms with E-state index in [0.29, 0.717) is 17.3 Å². The summed E-state index contributed by atoms with van der Waals surface area (Å²) in [5.41, 5.74) is -0.386.